The lowest BCUT2D eigenvalue weighted by atomic mass is 9.86. The van der Waals surface area contributed by atoms with E-state index in [9.17, 15) is 14.7 Å². The first-order valence-corrected chi connectivity index (χ1v) is 6.16. The van der Waals surface area contributed by atoms with Crippen LogP contribution in [0.5, 0.6) is 5.75 Å². The molecule has 0 saturated heterocycles. The van der Waals surface area contributed by atoms with E-state index in [1.54, 1.807) is 20.8 Å². The lowest BCUT2D eigenvalue weighted by Gasteiger charge is -2.29. The van der Waals surface area contributed by atoms with Gasteiger partial charge in [0.25, 0.3) is 5.56 Å². The standard InChI is InChI=1S/C12H16BrNO4/c1-12(2,3)10(11(16)17)14-6-8(18-4)7(13)5-9(14)15/h5-6,10H,1-4H3,(H,16,17). The fourth-order valence-corrected chi connectivity index (χ4v) is 2.22. The van der Waals surface area contributed by atoms with Crippen molar-refractivity contribution in [1.82, 2.24) is 4.57 Å². The third kappa shape index (κ3) is 2.93. The summed E-state index contributed by atoms with van der Waals surface area (Å²) in [5.74, 6) is -0.626. The van der Waals surface area contributed by atoms with Gasteiger partial charge in [-0.1, -0.05) is 20.8 Å². The molecule has 0 aliphatic carbocycles. The van der Waals surface area contributed by atoms with E-state index in [2.05, 4.69) is 15.9 Å². The van der Waals surface area contributed by atoms with Gasteiger partial charge in [0, 0.05) is 6.07 Å². The van der Waals surface area contributed by atoms with Gasteiger partial charge in [-0.15, -0.1) is 0 Å². The molecule has 1 aromatic rings. The number of aliphatic carboxylic acids is 1. The van der Waals surface area contributed by atoms with E-state index in [1.807, 2.05) is 0 Å². The predicted molar refractivity (Wildman–Crippen MR) is 71.1 cm³/mol. The number of carbonyl (C=O) groups is 1. The maximum Gasteiger partial charge on any atom is 0.327 e. The summed E-state index contributed by atoms with van der Waals surface area (Å²) < 4.78 is 6.77. The lowest BCUT2D eigenvalue weighted by Crippen LogP contribution is -2.37. The molecule has 18 heavy (non-hydrogen) atoms. The van der Waals surface area contributed by atoms with Crippen LogP contribution >= 0.6 is 15.9 Å². The van der Waals surface area contributed by atoms with E-state index >= 15 is 0 Å². The van der Waals surface area contributed by atoms with Crippen molar-refractivity contribution in [3.05, 3.63) is 27.1 Å². The van der Waals surface area contributed by atoms with Gasteiger partial charge in [-0.05, 0) is 21.3 Å². The van der Waals surface area contributed by atoms with E-state index in [0.29, 0.717) is 10.2 Å². The van der Waals surface area contributed by atoms with Crippen molar-refractivity contribution in [2.24, 2.45) is 5.41 Å². The third-order valence-corrected chi connectivity index (χ3v) is 3.17. The van der Waals surface area contributed by atoms with Crippen molar-refractivity contribution in [3.8, 4) is 5.75 Å². The molecule has 1 heterocycles. The average molecular weight is 318 g/mol. The number of carboxylic acid groups (broad SMARTS) is 1. The zero-order valence-corrected chi connectivity index (χ0v) is 12.3. The van der Waals surface area contributed by atoms with Crippen LogP contribution in [0.1, 0.15) is 26.8 Å². The number of methoxy groups -OCH3 is 1. The second kappa shape index (κ2) is 5.14. The van der Waals surface area contributed by atoms with Crippen molar-refractivity contribution in [2.45, 2.75) is 26.8 Å². The van der Waals surface area contributed by atoms with Crippen LogP contribution < -0.4 is 10.3 Å². The molecule has 1 rings (SSSR count). The van der Waals surface area contributed by atoms with E-state index in [4.69, 9.17) is 4.74 Å². The van der Waals surface area contributed by atoms with Crippen molar-refractivity contribution >= 4 is 21.9 Å². The van der Waals surface area contributed by atoms with Gasteiger partial charge >= 0.3 is 5.97 Å². The first-order valence-electron chi connectivity index (χ1n) is 5.37. The molecule has 0 spiro atoms. The summed E-state index contributed by atoms with van der Waals surface area (Å²) in [5.41, 5.74) is -0.973. The second-order valence-electron chi connectivity index (χ2n) is 5.04. The summed E-state index contributed by atoms with van der Waals surface area (Å²) in [6, 6.07) is 0.354. The third-order valence-electron chi connectivity index (χ3n) is 2.55. The molecule has 1 unspecified atom stereocenters. The molecule has 100 valence electrons. The quantitative estimate of drug-likeness (QED) is 0.928. The smallest absolute Gasteiger partial charge is 0.327 e. The minimum Gasteiger partial charge on any atom is -0.494 e. The van der Waals surface area contributed by atoms with Crippen molar-refractivity contribution in [1.29, 1.82) is 0 Å². The van der Waals surface area contributed by atoms with Crippen LogP contribution in [0.25, 0.3) is 0 Å². The van der Waals surface area contributed by atoms with Crippen LogP contribution in [0.3, 0.4) is 0 Å². The molecule has 0 aromatic carbocycles. The molecule has 0 aliphatic heterocycles. The molecule has 1 atom stereocenters. The van der Waals surface area contributed by atoms with Gasteiger partial charge in [0.2, 0.25) is 0 Å². The Balaban J connectivity index is 3.47. The highest BCUT2D eigenvalue weighted by atomic mass is 79.9. The number of hydrogen-bond acceptors (Lipinski definition) is 3. The Bertz CT molecular complexity index is 516. The number of carboxylic acids is 1. The molecule has 0 radical (unpaired) electrons. The first-order chi connectivity index (χ1) is 8.18. The molecular weight excluding hydrogens is 302 g/mol. The topological polar surface area (TPSA) is 68.5 Å². The number of rotatable bonds is 3. The van der Waals surface area contributed by atoms with Gasteiger partial charge in [0.1, 0.15) is 11.8 Å². The minimum atomic E-state index is -1.05. The van der Waals surface area contributed by atoms with Crippen LogP contribution in [0.2, 0.25) is 0 Å². The molecule has 5 nitrogen and oxygen atoms in total. The first kappa shape index (κ1) is 14.8. The average Bonchev–Trinajstić information content (AvgIpc) is 2.19. The van der Waals surface area contributed by atoms with Crippen LogP contribution in [-0.2, 0) is 4.79 Å². The summed E-state index contributed by atoms with van der Waals surface area (Å²) in [4.78, 5) is 23.3. The van der Waals surface area contributed by atoms with Crippen LogP contribution in [-0.4, -0.2) is 22.8 Å². The highest BCUT2D eigenvalue weighted by molar-refractivity contribution is 9.10. The van der Waals surface area contributed by atoms with E-state index in [0.717, 1.165) is 0 Å². The maximum atomic E-state index is 11.9. The van der Waals surface area contributed by atoms with Gasteiger partial charge < -0.3 is 9.84 Å². The van der Waals surface area contributed by atoms with Crippen molar-refractivity contribution < 1.29 is 14.6 Å². The predicted octanol–water partition coefficient (Wildman–Crippen LogP) is 2.29. The van der Waals surface area contributed by atoms with Crippen molar-refractivity contribution in [2.75, 3.05) is 7.11 Å². The Morgan fingerprint density at radius 3 is 2.44 bits per heavy atom. The van der Waals surface area contributed by atoms with Gasteiger partial charge in [0.15, 0.2) is 0 Å². The Kier molecular flexibility index (Phi) is 4.21. The molecule has 0 aliphatic rings. The summed E-state index contributed by atoms with van der Waals surface area (Å²) >= 11 is 3.19. The summed E-state index contributed by atoms with van der Waals surface area (Å²) in [6.07, 6.45) is 1.41. The highest BCUT2D eigenvalue weighted by Crippen LogP contribution is 2.32. The van der Waals surface area contributed by atoms with Crippen LogP contribution in [0.4, 0.5) is 0 Å². The summed E-state index contributed by atoms with van der Waals surface area (Å²) in [5, 5.41) is 9.31. The zero-order valence-electron chi connectivity index (χ0n) is 10.7. The van der Waals surface area contributed by atoms with E-state index in [-0.39, 0.29) is 5.56 Å². The molecule has 1 N–H and O–H groups in total. The molecule has 0 bridgehead atoms. The van der Waals surface area contributed by atoms with E-state index in [1.165, 1.54) is 23.9 Å². The van der Waals surface area contributed by atoms with E-state index < -0.39 is 17.4 Å². The minimum absolute atomic E-state index is 0.384. The Hall–Kier alpha value is -1.30. The molecule has 1 aromatic heterocycles. The molecule has 0 amide bonds. The number of hydrogen-bond donors (Lipinski definition) is 1. The van der Waals surface area contributed by atoms with Gasteiger partial charge in [-0.3, -0.25) is 9.36 Å². The largest absolute Gasteiger partial charge is 0.494 e. The zero-order chi connectivity index (χ0) is 14.1. The van der Waals surface area contributed by atoms with Crippen molar-refractivity contribution in [3.63, 3.8) is 0 Å². The fraction of sp³-hybridized carbons (Fsp3) is 0.500. The number of aromatic nitrogens is 1. The molecule has 6 heteroatoms. The lowest BCUT2D eigenvalue weighted by molar-refractivity contribution is -0.144. The molecule has 0 fully saturated rings. The van der Waals surface area contributed by atoms with Gasteiger partial charge in [-0.25, -0.2) is 4.79 Å². The normalized spacial score (nSPS) is 13.2. The molecule has 0 saturated carbocycles. The number of halogens is 1. The highest BCUT2D eigenvalue weighted by Gasteiger charge is 2.33. The summed E-state index contributed by atoms with van der Waals surface area (Å²) in [6.45, 7) is 5.31. The number of nitrogens with zero attached hydrogens (tertiary/aromatic N) is 1. The maximum absolute atomic E-state index is 11.9. The van der Waals surface area contributed by atoms with Gasteiger partial charge in [-0.2, -0.15) is 0 Å². The van der Waals surface area contributed by atoms with Gasteiger partial charge in [0.05, 0.1) is 17.8 Å². The molecular formula is C12H16BrNO4. The number of pyridine rings is 1. The van der Waals surface area contributed by atoms with Crippen LogP contribution in [0.15, 0.2) is 21.5 Å². The SMILES string of the molecule is COc1cn(C(C(=O)O)C(C)(C)C)c(=O)cc1Br. The summed E-state index contributed by atoms with van der Waals surface area (Å²) in [7, 11) is 1.46. The monoisotopic (exact) mass is 317 g/mol. The fourth-order valence-electron chi connectivity index (χ4n) is 1.76. The Morgan fingerprint density at radius 2 is 2.06 bits per heavy atom. The second-order valence-corrected chi connectivity index (χ2v) is 5.90. The number of ether oxygens (including phenoxy) is 1. The van der Waals surface area contributed by atoms with Crippen LogP contribution in [0, 0.1) is 5.41 Å². The Labute approximate surface area is 114 Å². The Morgan fingerprint density at radius 1 is 1.50 bits per heavy atom.